The van der Waals surface area contributed by atoms with Crippen LogP contribution in [0.15, 0.2) is 0 Å². The highest BCUT2D eigenvalue weighted by Crippen LogP contribution is 2.55. The zero-order valence-electron chi connectivity index (χ0n) is 20.6. The molecule has 30 heavy (non-hydrogen) atoms. The van der Waals surface area contributed by atoms with Crippen molar-refractivity contribution in [2.75, 3.05) is 6.61 Å². The van der Waals surface area contributed by atoms with Crippen LogP contribution in [0.1, 0.15) is 68.7 Å². The Kier molecular flexibility index (Phi) is 6.92. The lowest BCUT2D eigenvalue weighted by molar-refractivity contribution is -0.188. The molecule has 10 heteroatoms. The predicted octanol–water partition coefficient (Wildman–Crippen LogP) is 6.38. The summed E-state index contributed by atoms with van der Waals surface area (Å²) < 4.78 is 66.3. The van der Waals surface area contributed by atoms with Gasteiger partial charge in [-0.1, -0.05) is 62.3 Å². The Bertz CT molecular complexity index is 610. The highest BCUT2D eigenvalue weighted by molar-refractivity contribution is 6.74. The SMILES string of the molecule is CC(C)(C)[Si](C)(C)O[C@@H]1C[C@H]([B-](F)(F)F)O[C@@H]2CO[Si](C(C)(C)C)(C(C)(C)C)O[C@H]21. The van der Waals surface area contributed by atoms with Gasteiger partial charge in [0.2, 0.25) is 0 Å². The van der Waals surface area contributed by atoms with E-state index in [1.54, 1.807) is 0 Å². The molecule has 0 radical (unpaired) electrons. The van der Waals surface area contributed by atoms with Crippen molar-refractivity contribution in [3.63, 3.8) is 0 Å². The lowest BCUT2D eigenvalue weighted by Crippen LogP contribution is -2.70. The zero-order chi connectivity index (χ0) is 23.6. The molecule has 4 atom stereocenters. The third-order valence-corrected chi connectivity index (χ3v) is 16.6. The van der Waals surface area contributed by atoms with Gasteiger partial charge in [0, 0.05) is 16.1 Å². The number of hydrogen-bond donors (Lipinski definition) is 0. The lowest BCUT2D eigenvalue weighted by Gasteiger charge is -2.58. The molecule has 0 amide bonds. The molecule has 0 saturated carbocycles. The number of fused-ring (bicyclic) bond motifs is 1. The maximum atomic E-state index is 13.7. The Balaban J connectivity index is 2.46. The first-order chi connectivity index (χ1) is 13.1. The molecule has 2 fully saturated rings. The van der Waals surface area contributed by atoms with Gasteiger partial charge in [0.05, 0.1) is 12.7 Å². The van der Waals surface area contributed by atoms with Crippen LogP contribution in [0.4, 0.5) is 12.9 Å². The van der Waals surface area contributed by atoms with Gasteiger partial charge in [0.1, 0.15) is 12.2 Å². The minimum absolute atomic E-state index is 0.117. The van der Waals surface area contributed by atoms with E-state index in [2.05, 4.69) is 75.4 Å². The monoisotopic (exact) mass is 469 g/mol. The molecule has 0 aromatic rings. The van der Waals surface area contributed by atoms with Crippen molar-refractivity contribution in [2.24, 2.45) is 0 Å². The summed E-state index contributed by atoms with van der Waals surface area (Å²) in [5, 5.41) is -0.640. The molecule has 0 N–H and O–H groups in total. The lowest BCUT2D eigenvalue weighted by atomic mass is 9.76. The van der Waals surface area contributed by atoms with Gasteiger partial charge in [0.15, 0.2) is 8.32 Å². The zero-order valence-corrected chi connectivity index (χ0v) is 22.6. The van der Waals surface area contributed by atoms with Gasteiger partial charge in [-0.25, -0.2) is 0 Å². The fraction of sp³-hybridized carbons (Fsp3) is 1.00. The van der Waals surface area contributed by atoms with Gasteiger partial charge >= 0.3 is 15.5 Å². The summed E-state index contributed by atoms with van der Waals surface area (Å²) in [4.78, 5) is 0. The third kappa shape index (κ3) is 4.88. The molecule has 4 nitrogen and oxygen atoms in total. The van der Waals surface area contributed by atoms with Crippen molar-refractivity contribution in [2.45, 2.75) is 121 Å². The summed E-state index contributed by atoms with van der Waals surface area (Å²) in [7, 11) is -5.16. The van der Waals surface area contributed by atoms with Crippen LogP contribution >= 0.6 is 0 Å². The summed E-state index contributed by atoms with van der Waals surface area (Å²) in [6, 6.07) is -1.80. The third-order valence-electron chi connectivity index (χ3n) is 6.95. The first-order valence-corrected chi connectivity index (χ1v) is 15.7. The fourth-order valence-electron chi connectivity index (χ4n) is 4.50. The first-order valence-electron chi connectivity index (χ1n) is 11.0. The smallest absolute Gasteiger partial charge is 0.447 e. The van der Waals surface area contributed by atoms with Gasteiger partial charge in [-0.3, -0.25) is 0 Å². The molecule has 0 spiro atoms. The van der Waals surface area contributed by atoms with Gasteiger partial charge in [-0.05, 0) is 24.6 Å². The van der Waals surface area contributed by atoms with E-state index in [4.69, 9.17) is 18.0 Å². The van der Waals surface area contributed by atoms with Crippen molar-refractivity contribution >= 4 is 23.9 Å². The largest absolute Gasteiger partial charge is 0.506 e. The number of hydrogen-bond acceptors (Lipinski definition) is 4. The molecule has 0 bridgehead atoms. The number of ether oxygens (including phenoxy) is 1. The van der Waals surface area contributed by atoms with E-state index in [0.29, 0.717) is 0 Å². The van der Waals surface area contributed by atoms with Gasteiger partial charge in [-0.2, -0.15) is 0 Å². The van der Waals surface area contributed by atoms with E-state index in [9.17, 15) is 12.9 Å². The average Bonchev–Trinajstić information content (AvgIpc) is 2.49. The maximum Gasteiger partial charge on any atom is 0.506 e. The summed E-state index contributed by atoms with van der Waals surface area (Å²) in [6.07, 6.45) is -2.19. The van der Waals surface area contributed by atoms with Crippen LogP contribution in [-0.4, -0.2) is 54.8 Å². The normalized spacial score (nSPS) is 31.4. The Hall–Kier alpha value is 0.129. The average molecular weight is 470 g/mol. The molecule has 0 aromatic carbocycles. The van der Waals surface area contributed by atoms with E-state index < -0.39 is 48.2 Å². The van der Waals surface area contributed by atoms with Crippen LogP contribution in [0.25, 0.3) is 0 Å². The number of halogens is 3. The predicted molar refractivity (Wildman–Crippen MR) is 120 cm³/mol. The molecule has 2 rings (SSSR count). The summed E-state index contributed by atoms with van der Waals surface area (Å²) >= 11 is 0. The molecule has 2 aliphatic heterocycles. The van der Waals surface area contributed by atoms with Crippen LogP contribution in [0.5, 0.6) is 0 Å². The molecule has 0 aromatic heterocycles. The van der Waals surface area contributed by atoms with Crippen LogP contribution in [-0.2, 0) is 18.0 Å². The van der Waals surface area contributed by atoms with Crippen LogP contribution in [0.3, 0.4) is 0 Å². The van der Waals surface area contributed by atoms with Crippen LogP contribution in [0, 0.1) is 0 Å². The highest BCUT2D eigenvalue weighted by Gasteiger charge is 2.64. The minimum atomic E-state index is -5.14. The topological polar surface area (TPSA) is 36.9 Å². The van der Waals surface area contributed by atoms with E-state index in [1.807, 2.05) is 0 Å². The minimum Gasteiger partial charge on any atom is -0.447 e. The Morgan fingerprint density at radius 3 is 1.83 bits per heavy atom. The second-order valence-electron chi connectivity index (χ2n) is 12.5. The summed E-state index contributed by atoms with van der Waals surface area (Å²) in [5.74, 6) is 0. The fourth-order valence-corrected chi connectivity index (χ4v) is 10.8. The second-order valence-corrected chi connectivity index (χ2v) is 22.0. The van der Waals surface area contributed by atoms with Gasteiger partial charge < -0.3 is 31.0 Å². The van der Waals surface area contributed by atoms with Gasteiger partial charge in [-0.15, -0.1) is 0 Å². The quantitative estimate of drug-likeness (QED) is 0.450. The van der Waals surface area contributed by atoms with Crippen molar-refractivity contribution in [3.05, 3.63) is 0 Å². The van der Waals surface area contributed by atoms with Gasteiger partial charge in [0.25, 0.3) is 0 Å². The second kappa shape index (κ2) is 7.87. The van der Waals surface area contributed by atoms with Crippen LogP contribution < -0.4 is 0 Å². The van der Waals surface area contributed by atoms with Crippen LogP contribution in [0.2, 0.25) is 28.2 Å². The first kappa shape index (κ1) is 26.4. The summed E-state index contributed by atoms with van der Waals surface area (Å²) in [5.41, 5.74) is 0. The molecular weight excluding hydrogens is 428 g/mol. The van der Waals surface area contributed by atoms with E-state index in [0.717, 1.165) is 0 Å². The molecule has 0 aliphatic carbocycles. The standard InChI is InChI=1S/C20H41BF3O4Si2/c1-18(2,3)29(10,11)27-14-12-16(21(22,23)24)26-15-13-25-30(19(4,5)6,20(7,8)9)28-17(14)15/h14-17H,12-13H2,1-11H3/q-1/t14-,15-,16-,17+/m1/s1. The highest BCUT2D eigenvalue weighted by atomic mass is 28.4. The van der Waals surface area contributed by atoms with E-state index >= 15 is 0 Å². The maximum absolute atomic E-state index is 13.7. The molecular formula is C20H41BF3O4Si2-. The number of rotatable bonds is 3. The molecule has 178 valence electrons. The molecule has 0 unspecified atom stereocenters. The van der Waals surface area contributed by atoms with E-state index in [-0.39, 0.29) is 28.1 Å². The molecule has 2 heterocycles. The Morgan fingerprint density at radius 2 is 1.43 bits per heavy atom. The van der Waals surface area contributed by atoms with Crippen molar-refractivity contribution < 1.29 is 31.0 Å². The van der Waals surface area contributed by atoms with Crippen molar-refractivity contribution in [1.82, 2.24) is 0 Å². The summed E-state index contributed by atoms with van der Waals surface area (Å²) in [6.45, 7) is 18.0. The van der Waals surface area contributed by atoms with E-state index in [1.165, 1.54) is 0 Å². The Morgan fingerprint density at radius 1 is 0.933 bits per heavy atom. The molecule has 2 aliphatic rings. The Labute approximate surface area is 183 Å². The van der Waals surface area contributed by atoms with Crippen molar-refractivity contribution in [1.29, 1.82) is 0 Å². The van der Waals surface area contributed by atoms with Crippen molar-refractivity contribution in [3.8, 4) is 0 Å². The molecule has 2 saturated heterocycles.